The molecule has 30 heavy (non-hydrogen) atoms. The van der Waals surface area contributed by atoms with Gasteiger partial charge in [0.25, 0.3) is 11.6 Å². The third kappa shape index (κ3) is 5.67. The van der Waals surface area contributed by atoms with E-state index in [9.17, 15) is 36.5 Å². The van der Waals surface area contributed by atoms with E-state index in [1.54, 1.807) is 6.92 Å². The number of anilines is 1. The SMILES string of the molecule is Cc1ccc(S(N)(=O)=O)cc1C(=O)NCCNc1ccc(C(F)(F)F)cc1[N+](=O)[O-]. The van der Waals surface area contributed by atoms with E-state index in [4.69, 9.17) is 5.14 Å². The maximum atomic E-state index is 12.7. The van der Waals surface area contributed by atoms with Crippen LogP contribution in [-0.2, 0) is 16.2 Å². The minimum atomic E-state index is -4.72. The van der Waals surface area contributed by atoms with Gasteiger partial charge in [0.15, 0.2) is 0 Å². The van der Waals surface area contributed by atoms with Crippen LogP contribution in [-0.4, -0.2) is 32.3 Å². The number of nitrogens with one attached hydrogen (secondary N) is 2. The summed E-state index contributed by atoms with van der Waals surface area (Å²) in [5.74, 6) is -0.610. The molecule has 9 nitrogen and oxygen atoms in total. The van der Waals surface area contributed by atoms with Crippen molar-refractivity contribution in [3.63, 3.8) is 0 Å². The normalized spacial score (nSPS) is 11.8. The van der Waals surface area contributed by atoms with Crippen LogP contribution in [0.2, 0.25) is 0 Å². The number of aryl methyl sites for hydroxylation is 1. The predicted molar refractivity (Wildman–Crippen MR) is 101 cm³/mol. The highest BCUT2D eigenvalue weighted by Gasteiger charge is 2.33. The van der Waals surface area contributed by atoms with Crippen LogP contribution in [0.3, 0.4) is 0 Å². The smallest absolute Gasteiger partial charge is 0.378 e. The highest BCUT2D eigenvalue weighted by Crippen LogP contribution is 2.34. The van der Waals surface area contributed by atoms with Crippen LogP contribution in [0.5, 0.6) is 0 Å². The minimum Gasteiger partial charge on any atom is -0.378 e. The van der Waals surface area contributed by atoms with Crippen molar-refractivity contribution in [3.05, 3.63) is 63.2 Å². The molecule has 0 radical (unpaired) electrons. The fraction of sp³-hybridized carbons (Fsp3) is 0.235. The van der Waals surface area contributed by atoms with Crippen LogP contribution in [0.4, 0.5) is 24.5 Å². The van der Waals surface area contributed by atoms with Gasteiger partial charge in [-0.3, -0.25) is 14.9 Å². The Kier molecular flexibility index (Phi) is 6.67. The van der Waals surface area contributed by atoms with E-state index < -0.39 is 38.3 Å². The van der Waals surface area contributed by atoms with Crippen molar-refractivity contribution in [1.82, 2.24) is 5.32 Å². The summed E-state index contributed by atoms with van der Waals surface area (Å²) in [6, 6.07) is 5.85. The Labute approximate surface area is 169 Å². The molecular weight excluding hydrogens is 429 g/mol. The first kappa shape index (κ1) is 23.1. The largest absolute Gasteiger partial charge is 0.416 e. The molecule has 0 bridgehead atoms. The quantitative estimate of drug-likeness (QED) is 0.338. The lowest BCUT2D eigenvalue weighted by atomic mass is 10.1. The highest BCUT2D eigenvalue weighted by molar-refractivity contribution is 7.89. The van der Waals surface area contributed by atoms with Crippen LogP contribution in [0.15, 0.2) is 41.3 Å². The van der Waals surface area contributed by atoms with Crippen molar-refractivity contribution in [2.75, 3.05) is 18.4 Å². The molecule has 0 aliphatic heterocycles. The number of nitro groups is 1. The van der Waals surface area contributed by atoms with E-state index in [-0.39, 0.29) is 29.2 Å². The molecule has 0 fully saturated rings. The van der Waals surface area contributed by atoms with Crippen LogP contribution in [0.25, 0.3) is 0 Å². The maximum Gasteiger partial charge on any atom is 0.416 e. The molecule has 162 valence electrons. The second-order valence-corrected chi connectivity index (χ2v) is 7.75. The Morgan fingerprint density at radius 1 is 1.17 bits per heavy atom. The molecule has 0 saturated carbocycles. The maximum absolute atomic E-state index is 12.7. The molecule has 4 N–H and O–H groups in total. The Morgan fingerprint density at radius 2 is 1.83 bits per heavy atom. The van der Waals surface area contributed by atoms with Gasteiger partial charge < -0.3 is 10.6 Å². The number of amides is 1. The first-order chi connectivity index (χ1) is 13.8. The van der Waals surface area contributed by atoms with Gasteiger partial charge in [-0.05, 0) is 36.8 Å². The van der Waals surface area contributed by atoms with E-state index in [1.807, 2.05) is 0 Å². The van der Waals surface area contributed by atoms with Crippen LogP contribution in [0.1, 0.15) is 21.5 Å². The van der Waals surface area contributed by atoms with E-state index in [0.717, 1.165) is 12.1 Å². The number of sulfonamides is 1. The topological polar surface area (TPSA) is 144 Å². The van der Waals surface area contributed by atoms with Crippen molar-refractivity contribution in [3.8, 4) is 0 Å². The summed E-state index contributed by atoms with van der Waals surface area (Å²) in [5.41, 5.74) is -1.49. The van der Waals surface area contributed by atoms with Crippen LogP contribution in [0, 0.1) is 17.0 Å². The van der Waals surface area contributed by atoms with Gasteiger partial charge in [-0.25, -0.2) is 13.6 Å². The summed E-state index contributed by atoms with van der Waals surface area (Å²) in [6.45, 7) is 1.51. The molecule has 0 aliphatic rings. The molecule has 1 amide bonds. The highest BCUT2D eigenvalue weighted by atomic mass is 32.2. The number of primary sulfonamides is 1. The van der Waals surface area contributed by atoms with Gasteiger partial charge in [0, 0.05) is 24.7 Å². The summed E-state index contributed by atoms with van der Waals surface area (Å²) >= 11 is 0. The predicted octanol–water partition coefficient (Wildman–Crippen LogP) is 2.41. The summed E-state index contributed by atoms with van der Waals surface area (Å²) in [5, 5.41) is 21.2. The molecule has 0 unspecified atom stereocenters. The lowest BCUT2D eigenvalue weighted by molar-refractivity contribution is -0.384. The van der Waals surface area contributed by atoms with Crippen molar-refractivity contribution in [2.24, 2.45) is 5.14 Å². The number of nitro benzene ring substituents is 1. The van der Waals surface area contributed by atoms with Crippen LogP contribution < -0.4 is 15.8 Å². The summed E-state index contributed by atoms with van der Waals surface area (Å²) in [6.07, 6.45) is -4.72. The number of carbonyl (C=O) groups excluding carboxylic acids is 1. The van der Waals surface area contributed by atoms with Gasteiger partial charge in [-0.2, -0.15) is 13.2 Å². The van der Waals surface area contributed by atoms with E-state index in [0.29, 0.717) is 17.7 Å². The molecule has 0 heterocycles. The lowest BCUT2D eigenvalue weighted by Gasteiger charge is -2.12. The Bertz CT molecular complexity index is 1090. The fourth-order valence-corrected chi connectivity index (χ4v) is 3.04. The number of benzene rings is 2. The number of nitrogens with zero attached hydrogens (tertiary/aromatic N) is 1. The first-order valence-electron chi connectivity index (χ1n) is 8.32. The van der Waals surface area contributed by atoms with E-state index in [1.165, 1.54) is 12.1 Å². The molecular formula is C17H17F3N4O5S. The fourth-order valence-electron chi connectivity index (χ4n) is 2.50. The molecule has 2 aromatic rings. The zero-order valence-corrected chi connectivity index (χ0v) is 16.3. The van der Waals surface area contributed by atoms with Crippen molar-refractivity contribution in [2.45, 2.75) is 18.0 Å². The van der Waals surface area contributed by atoms with Gasteiger partial charge in [0.05, 0.1) is 15.4 Å². The number of hydrogen-bond acceptors (Lipinski definition) is 6. The molecule has 0 spiro atoms. The average molecular weight is 446 g/mol. The third-order valence-electron chi connectivity index (χ3n) is 4.03. The molecule has 0 aliphatic carbocycles. The number of rotatable bonds is 7. The van der Waals surface area contributed by atoms with Gasteiger partial charge in [0.1, 0.15) is 5.69 Å². The first-order valence-corrected chi connectivity index (χ1v) is 9.86. The van der Waals surface area contributed by atoms with Gasteiger partial charge in [-0.15, -0.1) is 0 Å². The minimum absolute atomic E-state index is 0.0358. The number of carbonyl (C=O) groups is 1. The third-order valence-corrected chi connectivity index (χ3v) is 4.94. The van der Waals surface area contributed by atoms with Crippen molar-refractivity contribution < 1.29 is 31.3 Å². The van der Waals surface area contributed by atoms with Crippen molar-refractivity contribution >= 4 is 27.3 Å². The number of halogens is 3. The second-order valence-electron chi connectivity index (χ2n) is 6.19. The Balaban J connectivity index is 2.05. The monoisotopic (exact) mass is 446 g/mol. The molecule has 2 rings (SSSR count). The number of nitrogens with two attached hydrogens (primary N) is 1. The Morgan fingerprint density at radius 3 is 2.40 bits per heavy atom. The lowest BCUT2D eigenvalue weighted by Crippen LogP contribution is -2.29. The molecule has 13 heteroatoms. The van der Waals surface area contributed by atoms with E-state index >= 15 is 0 Å². The zero-order valence-electron chi connectivity index (χ0n) is 15.5. The Hall–Kier alpha value is -3.19. The van der Waals surface area contributed by atoms with Crippen molar-refractivity contribution in [1.29, 1.82) is 0 Å². The molecule has 2 aromatic carbocycles. The zero-order chi connectivity index (χ0) is 22.7. The molecule has 0 aromatic heterocycles. The molecule has 0 saturated heterocycles. The van der Waals surface area contributed by atoms with E-state index in [2.05, 4.69) is 10.6 Å². The average Bonchev–Trinajstić information content (AvgIpc) is 2.63. The van der Waals surface area contributed by atoms with Gasteiger partial charge in [-0.1, -0.05) is 6.07 Å². The summed E-state index contributed by atoms with van der Waals surface area (Å²) in [7, 11) is -4.00. The standard InChI is InChI=1S/C17H17F3N4O5S/c1-10-2-4-12(30(21,28)29)9-13(10)16(25)23-7-6-22-14-5-3-11(17(18,19)20)8-15(14)24(26)27/h2-5,8-9,22H,6-7H2,1H3,(H,23,25)(H2,21,28,29). The summed E-state index contributed by atoms with van der Waals surface area (Å²) < 4.78 is 61.0. The summed E-state index contributed by atoms with van der Waals surface area (Å²) in [4.78, 5) is 22.1. The number of hydrogen-bond donors (Lipinski definition) is 3. The second kappa shape index (κ2) is 8.67. The van der Waals surface area contributed by atoms with Crippen LogP contribution >= 0.6 is 0 Å². The molecule has 0 atom stereocenters. The van der Waals surface area contributed by atoms with Gasteiger partial charge >= 0.3 is 6.18 Å². The van der Waals surface area contributed by atoms with Gasteiger partial charge in [0.2, 0.25) is 10.0 Å². The number of alkyl halides is 3.